The molecule has 0 spiro atoms. The predicted octanol–water partition coefficient (Wildman–Crippen LogP) is 5.10. The number of hydrogen-bond donors (Lipinski definition) is 0. The average molecular weight is 910 g/mol. The molecule has 2 atom stereocenters. The third-order valence-electron chi connectivity index (χ3n) is 10.5. The minimum atomic E-state index is -4.26. The molecule has 0 saturated carbocycles. The lowest BCUT2D eigenvalue weighted by atomic mass is 10.2. The van der Waals surface area contributed by atoms with Gasteiger partial charge in [0.15, 0.2) is 12.6 Å². The van der Waals surface area contributed by atoms with Gasteiger partial charge in [-0.1, -0.05) is 53.1 Å². The van der Waals surface area contributed by atoms with Crippen LogP contribution in [0, 0.1) is 20.8 Å². The maximum atomic E-state index is 14.4. The van der Waals surface area contributed by atoms with Crippen molar-refractivity contribution in [1.29, 1.82) is 0 Å². The van der Waals surface area contributed by atoms with Gasteiger partial charge in [-0.25, -0.2) is 25.3 Å². The second kappa shape index (κ2) is 24.3. The molecule has 2 heterocycles. The molecule has 2 unspecified atom stereocenters. The van der Waals surface area contributed by atoms with E-state index in [0.29, 0.717) is 13.2 Å². The lowest BCUT2D eigenvalue weighted by Gasteiger charge is -2.29. The van der Waals surface area contributed by atoms with Gasteiger partial charge in [-0.3, -0.25) is 0 Å². The summed E-state index contributed by atoms with van der Waals surface area (Å²) in [5.41, 5.74) is 2.61. The zero-order chi connectivity index (χ0) is 43.7. The molecule has 0 aliphatic carbocycles. The second-order valence-electron chi connectivity index (χ2n) is 15.2. The molecule has 0 amide bonds. The van der Waals surface area contributed by atoms with Gasteiger partial charge < -0.3 is 28.4 Å². The molecule has 340 valence electrons. The highest BCUT2D eigenvalue weighted by Gasteiger charge is 2.32. The second-order valence-corrected chi connectivity index (χ2v) is 21.0. The topological polar surface area (TPSA) is 168 Å². The highest BCUT2D eigenvalue weighted by Crippen LogP contribution is 2.22. The number of benzene rings is 3. The Bertz CT molecular complexity index is 1960. The fourth-order valence-electron chi connectivity index (χ4n) is 6.78. The maximum absolute atomic E-state index is 14.4. The summed E-state index contributed by atoms with van der Waals surface area (Å²) in [6.45, 7) is 6.67. The fraction of sp³-hybridized carbons (Fsp3) is 0.581. The highest BCUT2D eigenvalue weighted by molar-refractivity contribution is 7.89. The van der Waals surface area contributed by atoms with Gasteiger partial charge in [0, 0.05) is 52.5 Å². The molecule has 2 aliphatic heterocycles. The Hall–Kier alpha value is -2.85. The maximum Gasteiger partial charge on any atom is 0.243 e. The molecule has 18 heteroatoms. The largest absolute Gasteiger partial charge is 0.378 e. The minimum Gasteiger partial charge on any atom is -0.378 e. The lowest BCUT2D eigenvalue weighted by molar-refractivity contribution is -0.169. The van der Waals surface area contributed by atoms with E-state index in [4.69, 9.17) is 28.4 Å². The molecule has 0 bridgehead atoms. The molecule has 2 fully saturated rings. The third-order valence-corrected chi connectivity index (χ3v) is 16.2. The SMILES string of the molecule is Cc1ccc(S(=O)(=O)N(CCOCCOC2CCCCO2)CCN(CCN(CCOCCOC2CCCCO2)S(=O)(=O)c2ccc(C)cc2)S(=O)(=O)c2ccc(C)cc2)cc1. The average Bonchev–Trinajstić information content (AvgIpc) is 3.25. The molecule has 0 N–H and O–H groups in total. The van der Waals surface area contributed by atoms with Crippen LogP contribution in [0.15, 0.2) is 87.5 Å². The van der Waals surface area contributed by atoms with Crippen molar-refractivity contribution < 1.29 is 53.7 Å². The van der Waals surface area contributed by atoms with Gasteiger partial charge in [0.05, 0.1) is 54.3 Å². The summed E-state index contributed by atoms with van der Waals surface area (Å²) in [5.74, 6) is 0. The van der Waals surface area contributed by atoms with Crippen molar-refractivity contribution in [2.45, 2.75) is 86.6 Å². The molecule has 2 saturated heterocycles. The first kappa shape index (κ1) is 49.2. The van der Waals surface area contributed by atoms with Gasteiger partial charge in [0.25, 0.3) is 0 Å². The van der Waals surface area contributed by atoms with E-state index in [9.17, 15) is 25.3 Å². The first-order chi connectivity index (χ1) is 29.3. The molecule has 61 heavy (non-hydrogen) atoms. The van der Waals surface area contributed by atoms with E-state index in [1.54, 1.807) is 36.4 Å². The van der Waals surface area contributed by atoms with E-state index in [1.807, 2.05) is 20.8 Å². The van der Waals surface area contributed by atoms with Crippen LogP contribution >= 0.6 is 0 Å². The summed E-state index contributed by atoms with van der Waals surface area (Å²) < 4.78 is 123. The van der Waals surface area contributed by atoms with Crippen LogP contribution in [0.2, 0.25) is 0 Å². The third kappa shape index (κ3) is 15.1. The molecule has 3 aromatic carbocycles. The molecule has 0 aromatic heterocycles. The zero-order valence-electron chi connectivity index (χ0n) is 35.7. The molecule has 3 aromatic rings. The van der Waals surface area contributed by atoms with Crippen LogP contribution in [0.1, 0.15) is 55.2 Å². The molecular formula is C43H63N3O12S3. The summed E-state index contributed by atoms with van der Waals surface area (Å²) in [5, 5.41) is 0. The monoisotopic (exact) mass is 909 g/mol. The van der Waals surface area contributed by atoms with Gasteiger partial charge >= 0.3 is 0 Å². The Morgan fingerprint density at radius 1 is 0.443 bits per heavy atom. The lowest BCUT2D eigenvalue weighted by Crippen LogP contribution is -2.46. The van der Waals surface area contributed by atoms with Crippen LogP contribution in [0.3, 0.4) is 0 Å². The van der Waals surface area contributed by atoms with Crippen molar-refractivity contribution in [1.82, 2.24) is 12.9 Å². The molecule has 5 rings (SSSR count). The number of aryl methyl sites for hydroxylation is 3. The molecular weight excluding hydrogens is 847 g/mol. The number of nitrogens with zero attached hydrogens (tertiary/aromatic N) is 3. The van der Waals surface area contributed by atoms with E-state index in [0.717, 1.165) is 59.5 Å². The number of ether oxygens (including phenoxy) is 6. The van der Waals surface area contributed by atoms with Crippen molar-refractivity contribution in [2.75, 3.05) is 92.1 Å². The fourth-order valence-corrected chi connectivity index (χ4v) is 11.0. The Morgan fingerprint density at radius 3 is 1.05 bits per heavy atom. The zero-order valence-corrected chi connectivity index (χ0v) is 38.1. The van der Waals surface area contributed by atoms with Crippen molar-refractivity contribution in [3.8, 4) is 0 Å². The van der Waals surface area contributed by atoms with Gasteiger partial charge in [0.1, 0.15) is 0 Å². The van der Waals surface area contributed by atoms with Crippen LogP contribution < -0.4 is 0 Å². The normalized spacial score (nSPS) is 18.0. The van der Waals surface area contributed by atoms with E-state index < -0.39 is 30.1 Å². The Morgan fingerprint density at radius 2 is 0.754 bits per heavy atom. The Labute approximate surface area is 363 Å². The summed E-state index contributed by atoms with van der Waals surface area (Å²) in [6, 6.07) is 19.2. The van der Waals surface area contributed by atoms with E-state index >= 15 is 0 Å². The van der Waals surface area contributed by atoms with E-state index in [2.05, 4.69) is 0 Å². The van der Waals surface area contributed by atoms with Crippen molar-refractivity contribution >= 4 is 30.1 Å². The first-order valence-electron chi connectivity index (χ1n) is 21.1. The van der Waals surface area contributed by atoms with Crippen LogP contribution in [-0.4, -0.2) is 143 Å². The van der Waals surface area contributed by atoms with Crippen LogP contribution in [0.5, 0.6) is 0 Å². The van der Waals surface area contributed by atoms with Crippen molar-refractivity contribution in [2.24, 2.45) is 0 Å². The van der Waals surface area contributed by atoms with Crippen LogP contribution in [-0.2, 0) is 58.5 Å². The number of hydrogen-bond acceptors (Lipinski definition) is 12. The van der Waals surface area contributed by atoms with Gasteiger partial charge in [0.2, 0.25) is 30.1 Å². The minimum absolute atomic E-state index is 0.00505. The summed E-state index contributed by atoms with van der Waals surface area (Å²) in [4.78, 5) is 0.0984. The summed E-state index contributed by atoms with van der Waals surface area (Å²) in [6.07, 6.45) is 5.09. The molecule has 0 radical (unpaired) electrons. The van der Waals surface area contributed by atoms with Gasteiger partial charge in [-0.15, -0.1) is 0 Å². The quantitative estimate of drug-likeness (QED) is 0.0980. The van der Waals surface area contributed by atoms with Gasteiger partial charge in [-0.05, 0) is 95.7 Å². The van der Waals surface area contributed by atoms with Crippen LogP contribution in [0.4, 0.5) is 0 Å². The van der Waals surface area contributed by atoms with Gasteiger partial charge in [-0.2, -0.15) is 12.9 Å². The summed E-state index contributed by atoms with van der Waals surface area (Å²) >= 11 is 0. The van der Waals surface area contributed by atoms with E-state index in [-0.39, 0.29) is 106 Å². The van der Waals surface area contributed by atoms with E-state index in [1.165, 1.54) is 45.0 Å². The predicted molar refractivity (Wildman–Crippen MR) is 231 cm³/mol. The Balaban J connectivity index is 1.33. The molecule has 15 nitrogen and oxygen atoms in total. The van der Waals surface area contributed by atoms with Crippen LogP contribution in [0.25, 0.3) is 0 Å². The van der Waals surface area contributed by atoms with Crippen molar-refractivity contribution in [3.05, 3.63) is 89.5 Å². The number of rotatable bonds is 26. The highest BCUT2D eigenvalue weighted by atomic mass is 32.2. The van der Waals surface area contributed by atoms with Crippen molar-refractivity contribution in [3.63, 3.8) is 0 Å². The smallest absolute Gasteiger partial charge is 0.243 e. The summed E-state index contributed by atoms with van der Waals surface area (Å²) in [7, 11) is -12.5. The Kier molecular flexibility index (Phi) is 19.6. The number of sulfonamides is 3. The molecule has 2 aliphatic rings. The first-order valence-corrected chi connectivity index (χ1v) is 25.4. The standard InChI is InChI=1S/C43H63N3O12S3/c1-36-10-16-39(17-11-36)59(47,48)44(22-24-45(60(49,50)40-18-12-37(2)13-19-40)26-30-53-32-34-57-42-8-4-6-28-55-42)23-25-46(61(51,52)41-20-14-38(3)15-21-41)27-31-54-33-35-58-43-9-5-7-29-56-43/h10-21,42-43H,4-9,22-35H2,1-3H3.